The molecular formula is H4NaNiO11P3. The van der Waals surface area contributed by atoms with Crippen molar-refractivity contribution in [2.45, 2.75) is 0 Å². The van der Waals surface area contributed by atoms with Gasteiger partial charge in [0.1, 0.15) is 0 Å². The molecule has 0 amide bonds. The largest absolute Gasteiger partial charge is 2.00 e. The van der Waals surface area contributed by atoms with Crippen LogP contribution in [0.15, 0.2) is 0 Å². The molecule has 0 aliphatic heterocycles. The van der Waals surface area contributed by atoms with Crippen LogP contribution in [0.2, 0.25) is 0 Å². The van der Waals surface area contributed by atoms with Crippen molar-refractivity contribution >= 4 is 23.5 Å². The molecule has 0 aliphatic rings. The van der Waals surface area contributed by atoms with E-state index in [2.05, 4.69) is 4.31 Å². The molecule has 0 fully saturated rings. The molecular weight excluding hydrogens is 351 g/mol. The average molecular weight is 355 g/mol. The molecule has 1 unspecified atom stereocenters. The molecule has 16 heavy (non-hydrogen) atoms. The second-order valence-electron chi connectivity index (χ2n) is 1.51. The summed E-state index contributed by atoms with van der Waals surface area (Å²) in [6.07, 6.45) is 0. The van der Waals surface area contributed by atoms with Gasteiger partial charge in [-0.15, -0.1) is 0 Å². The molecule has 0 aromatic heterocycles. The van der Waals surface area contributed by atoms with E-state index in [-0.39, 0.29) is 46.0 Å². The van der Waals surface area contributed by atoms with Crippen LogP contribution in [-0.2, 0) is 34.5 Å². The van der Waals surface area contributed by atoms with Crippen molar-refractivity contribution in [2.75, 3.05) is 0 Å². The minimum Gasteiger partial charge on any atom is -0.790 e. The summed E-state index contributed by atoms with van der Waals surface area (Å²) in [5.41, 5.74) is 0. The van der Waals surface area contributed by atoms with E-state index in [1.807, 2.05) is 0 Å². The van der Waals surface area contributed by atoms with Crippen LogP contribution in [0.25, 0.3) is 0 Å². The zero-order chi connectivity index (χ0) is 12.2. The summed E-state index contributed by atoms with van der Waals surface area (Å²) >= 11 is 0. The van der Waals surface area contributed by atoms with Gasteiger partial charge in [0.05, 0.1) is 7.82 Å². The Kier molecular flexibility index (Phi) is 16.1. The van der Waals surface area contributed by atoms with Gasteiger partial charge in [-0.1, -0.05) is 0 Å². The standard InChI is InChI=1S/Na.Ni.H4O7P2.H3O4P/c;;1-8(2,3)7-9(4,5)6;1-5(2,3)4/h;;(H2,1,2,3)(H2,4,5,6);(H3,1,2,3,4)/q+1;+2;;/p-3. The van der Waals surface area contributed by atoms with Crippen molar-refractivity contribution in [1.82, 2.24) is 0 Å². The number of hydrogen-bond acceptors (Lipinski definition) is 7. The molecule has 0 heterocycles. The Morgan fingerprint density at radius 3 is 1.06 bits per heavy atom. The zero-order valence-corrected chi connectivity index (χ0v) is 13.0. The zero-order valence-electron chi connectivity index (χ0n) is 7.30. The Morgan fingerprint density at radius 1 is 0.875 bits per heavy atom. The Bertz CT molecular complexity index is 264. The van der Waals surface area contributed by atoms with Crippen LogP contribution < -0.4 is 44.2 Å². The van der Waals surface area contributed by atoms with Crippen LogP contribution in [0.3, 0.4) is 0 Å². The van der Waals surface area contributed by atoms with Crippen molar-refractivity contribution in [3.8, 4) is 0 Å². The van der Waals surface area contributed by atoms with E-state index in [0.717, 1.165) is 0 Å². The van der Waals surface area contributed by atoms with Gasteiger partial charge in [-0.2, -0.15) is 0 Å². The Labute approximate surface area is 121 Å². The fourth-order valence-corrected chi connectivity index (χ4v) is 1.14. The van der Waals surface area contributed by atoms with Gasteiger partial charge in [-0.25, -0.2) is 4.57 Å². The fraction of sp³-hybridized carbons (Fsp3) is 0. The van der Waals surface area contributed by atoms with E-state index in [1.165, 1.54) is 0 Å². The monoisotopic (exact) mass is 354 g/mol. The van der Waals surface area contributed by atoms with Crippen molar-refractivity contribution in [3.63, 3.8) is 0 Å². The van der Waals surface area contributed by atoms with Crippen molar-refractivity contribution < 1.29 is 98.3 Å². The average Bonchev–Trinajstić information content (AvgIpc) is 1.42. The van der Waals surface area contributed by atoms with Crippen LogP contribution in [0.1, 0.15) is 0 Å². The molecule has 16 heteroatoms. The van der Waals surface area contributed by atoms with E-state index in [4.69, 9.17) is 24.1 Å². The third-order valence-corrected chi connectivity index (χ3v) is 1.83. The first kappa shape index (κ1) is 26.4. The number of hydrogen-bond donors (Lipinski definition) is 4. The maximum atomic E-state index is 9.44. The minimum atomic E-state index is -5.61. The smallest absolute Gasteiger partial charge is 0.790 e. The Balaban J connectivity index is -0.0000000904. The SMILES string of the molecule is O=P(O)(O)O.O=P([O-])([O-])OP(=O)([O-])O.[Na+].[Ni+2]. The van der Waals surface area contributed by atoms with E-state index in [1.54, 1.807) is 0 Å². The van der Waals surface area contributed by atoms with E-state index in [0.29, 0.717) is 0 Å². The summed E-state index contributed by atoms with van der Waals surface area (Å²) in [6, 6.07) is 0. The van der Waals surface area contributed by atoms with Gasteiger partial charge >= 0.3 is 53.9 Å². The van der Waals surface area contributed by atoms with Gasteiger partial charge in [-0.3, -0.25) is 8.88 Å². The molecule has 0 radical (unpaired) electrons. The summed E-state index contributed by atoms with van der Waals surface area (Å²) < 4.78 is 30.3. The molecule has 1 atom stereocenters. The van der Waals surface area contributed by atoms with Crippen molar-refractivity contribution in [1.29, 1.82) is 0 Å². The topological polar surface area (TPSA) is 211 Å². The van der Waals surface area contributed by atoms with Crippen LogP contribution in [0.4, 0.5) is 0 Å². The first-order valence-corrected chi connectivity index (χ1v) is 6.78. The quantitative estimate of drug-likeness (QED) is 0.270. The van der Waals surface area contributed by atoms with Crippen molar-refractivity contribution in [2.24, 2.45) is 0 Å². The summed E-state index contributed by atoms with van der Waals surface area (Å²) in [6.45, 7) is 0. The molecule has 4 N–H and O–H groups in total. The molecule has 0 spiro atoms. The van der Waals surface area contributed by atoms with Gasteiger partial charge in [0.2, 0.25) is 0 Å². The van der Waals surface area contributed by atoms with E-state index < -0.39 is 23.5 Å². The molecule has 0 aliphatic carbocycles. The summed E-state index contributed by atoms with van der Waals surface area (Å²) in [4.78, 5) is 57.3. The maximum absolute atomic E-state index is 9.44. The fourth-order valence-electron chi connectivity index (χ4n) is 0.126. The van der Waals surface area contributed by atoms with Crippen LogP contribution in [0, 0.1) is 0 Å². The first-order valence-electron chi connectivity index (χ1n) is 2.26. The summed E-state index contributed by atoms with van der Waals surface area (Å²) in [7, 11) is -15.7. The molecule has 96 valence electrons. The summed E-state index contributed by atoms with van der Waals surface area (Å²) in [5, 5.41) is 0. The number of rotatable bonds is 2. The molecule has 0 aromatic carbocycles. The van der Waals surface area contributed by atoms with Gasteiger partial charge in [0, 0.05) is 0 Å². The second kappa shape index (κ2) is 9.75. The van der Waals surface area contributed by atoms with E-state index >= 15 is 0 Å². The molecule has 0 rings (SSSR count). The molecule has 0 aromatic rings. The first-order chi connectivity index (χ1) is 5.71. The third-order valence-electron chi connectivity index (χ3n) is 0.203. The molecule has 0 saturated carbocycles. The van der Waals surface area contributed by atoms with Crippen LogP contribution >= 0.6 is 23.5 Å². The second-order valence-corrected chi connectivity index (χ2v) is 5.02. The normalized spacial score (nSPS) is 14.4. The van der Waals surface area contributed by atoms with Gasteiger partial charge in [-0.05, 0) is 0 Å². The Hall–Kier alpha value is 1.86. The predicted octanol–water partition coefficient (Wildman–Crippen LogP) is -6.63. The minimum absolute atomic E-state index is 0. The number of phosphoric acid groups is 3. The van der Waals surface area contributed by atoms with Crippen LogP contribution in [0.5, 0.6) is 0 Å². The predicted molar refractivity (Wildman–Crippen MR) is 32.8 cm³/mol. The van der Waals surface area contributed by atoms with Crippen LogP contribution in [-0.4, -0.2) is 19.6 Å². The molecule has 0 bridgehead atoms. The van der Waals surface area contributed by atoms with Gasteiger partial charge in [0.25, 0.3) is 7.82 Å². The van der Waals surface area contributed by atoms with E-state index in [9.17, 15) is 23.8 Å². The van der Waals surface area contributed by atoms with Gasteiger partial charge < -0.3 is 38.8 Å². The van der Waals surface area contributed by atoms with Crippen molar-refractivity contribution in [3.05, 3.63) is 0 Å². The third kappa shape index (κ3) is 56.7. The maximum Gasteiger partial charge on any atom is 2.00 e. The Morgan fingerprint density at radius 2 is 1.06 bits per heavy atom. The summed E-state index contributed by atoms with van der Waals surface area (Å²) in [5.74, 6) is 0. The molecule has 0 saturated heterocycles. The molecule has 11 nitrogen and oxygen atoms in total. The van der Waals surface area contributed by atoms with Gasteiger partial charge in [0.15, 0.2) is 0 Å².